The molecule has 31 heavy (non-hydrogen) atoms. The monoisotopic (exact) mass is 451 g/mol. The Morgan fingerprint density at radius 3 is 2.55 bits per heavy atom. The second-order valence-corrected chi connectivity index (χ2v) is 8.68. The summed E-state index contributed by atoms with van der Waals surface area (Å²) in [4.78, 5) is 7.03. The van der Waals surface area contributed by atoms with Gasteiger partial charge in [-0.25, -0.2) is 0 Å². The zero-order valence-electron chi connectivity index (χ0n) is 17.2. The van der Waals surface area contributed by atoms with Gasteiger partial charge >= 0.3 is 0 Å². The Hall–Kier alpha value is -2.61. The van der Waals surface area contributed by atoms with Gasteiger partial charge in [-0.2, -0.15) is 0 Å². The van der Waals surface area contributed by atoms with Gasteiger partial charge in [0.25, 0.3) is 0 Å². The highest BCUT2D eigenvalue weighted by Gasteiger charge is 2.22. The average molecular weight is 452 g/mol. The topological polar surface area (TPSA) is 56.1 Å². The first-order valence-electron chi connectivity index (χ1n) is 10.2. The van der Waals surface area contributed by atoms with Gasteiger partial charge in [-0.1, -0.05) is 59.8 Å². The Bertz CT molecular complexity index is 1210. The second-order valence-electron chi connectivity index (χ2n) is 7.36. The molecule has 0 amide bonds. The molecule has 6 nitrogen and oxygen atoms in total. The molecule has 0 unspecified atom stereocenters. The van der Waals surface area contributed by atoms with Gasteiger partial charge in [0.1, 0.15) is 0 Å². The molecule has 1 aliphatic rings. The number of para-hydroxylation sites is 2. The van der Waals surface area contributed by atoms with Crippen molar-refractivity contribution in [3.63, 3.8) is 0 Å². The number of halogens is 1. The molecule has 0 saturated carbocycles. The molecule has 0 aliphatic carbocycles. The smallest absolute Gasteiger partial charge is 0.232 e. The van der Waals surface area contributed by atoms with Gasteiger partial charge in [0, 0.05) is 24.2 Å². The molecule has 0 N–H and O–H groups in total. The van der Waals surface area contributed by atoms with Crippen LogP contribution in [0.25, 0.3) is 16.6 Å². The van der Waals surface area contributed by atoms with Gasteiger partial charge in [0.2, 0.25) is 5.95 Å². The van der Waals surface area contributed by atoms with Crippen LogP contribution in [0, 0.1) is 6.92 Å². The van der Waals surface area contributed by atoms with E-state index in [9.17, 15) is 0 Å². The first-order chi connectivity index (χ1) is 15.2. The van der Waals surface area contributed by atoms with Gasteiger partial charge in [0.15, 0.2) is 5.16 Å². The van der Waals surface area contributed by atoms with Gasteiger partial charge in [-0.15, -0.1) is 10.2 Å². The number of ether oxygens (including phenoxy) is 1. The lowest BCUT2D eigenvalue weighted by Gasteiger charge is -2.27. The van der Waals surface area contributed by atoms with E-state index in [-0.39, 0.29) is 0 Å². The highest BCUT2D eigenvalue weighted by molar-refractivity contribution is 7.98. The molecule has 2 aromatic heterocycles. The molecule has 1 aliphatic heterocycles. The summed E-state index contributed by atoms with van der Waals surface area (Å²) in [7, 11) is 0. The number of aromatic nitrogens is 4. The average Bonchev–Trinajstić information content (AvgIpc) is 3.25. The second kappa shape index (κ2) is 8.86. The number of nitrogens with zero attached hydrogens (tertiary/aromatic N) is 5. The van der Waals surface area contributed by atoms with E-state index >= 15 is 0 Å². The number of rotatable bonds is 5. The normalized spacial score (nSPS) is 14.3. The fourth-order valence-electron chi connectivity index (χ4n) is 3.77. The van der Waals surface area contributed by atoms with Gasteiger partial charge in [-0.05, 0) is 30.7 Å². The molecule has 0 spiro atoms. The minimum Gasteiger partial charge on any atom is -0.378 e. The number of anilines is 1. The summed E-state index contributed by atoms with van der Waals surface area (Å²) in [5, 5.41) is 11.7. The van der Waals surface area contributed by atoms with Crippen molar-refractivity contribution in [2.75, 3.05) is 31.2 Å². The summed E-state index contributed by atoms with van der Waals surface area (Å²) < 4.78 is 7.62. The lowest BCUT2D eigenvalue weighted by molar-refractivity contribution is 0.122. The molecule has 1 saturated heterocycles. The molecule has 158 valence electrons. The third-order valence-electron chi connectivity index (χ3n) is 5.41. The van der Waals surface area contributed by atoms with E-state index in [1.54, 1.807) is 11.8 Å². The third kappa shape index (κ3) is 4.01. The number of pyridine rings is 1. The standard InChI is InChI=1S/C23H22ClN5OS/c1-16-18-9-5-6-10-19(18)25-20(21(16)24)15-31-23-27-26-22(28-11-13-30-14-12-28)29(23)17-7-3-2-4-8-17/h2-10H,11-15H2,1H3. The van der Waals surface area contributed by atoms with E-state index in [0.717, 1.165) is 52.0 Å². The first-order valence-corrected chi connectivity index (χ1v) is 11.6. The van der Waals surface area contributed by atoms with Gasteiger partial charge < -0.3 is 9.64 Å². The van der Waals surface area contributed by atoms with Crippen LogP contribution < -0.4 is 4.90 Å². The van der Waals surface area contributed by atoms with E-state index < -0.39 is 0 Å². The fraction of sp³-hybridized carbons (Fsp3) is 0.261. The summed E-state index contributed by atoms with van der Waals surface area (Å²) in [5.74, 6) is 1.45. The van der Waals surface area contributed by atoms with Crippen molar-refractivity contribution in [3.05, 3.63) is 70.9 Å². The molecule has 0 bridgehead atoms. The fourth-order valence-corrected chi connectivity index (χ4v) is 4.95. The maximum atomic E-state index is 6.68. The molecular weight excluding hydrogens is 430 g/mol. The van der Waals surface area contributed by atoms with E-state index in [1.807, 2.05) is 43.3 Å². The molecule has 0 radical (unpaired) electrons. The van der Waals surface area contributed by atoms with Gasteiger partial charge in [-0.3, -0.25) is 9.55 Å². The van der Waals surface area contributed by atoms with Crippen LogP contribution in [0.1, 0.15) is 11.3 Å². The predicted molar refractivity (Wildman–Crippen MR) is 125 cm³/mol. The Balaban J connectivity index is 1.49. The molecule has 2 aromatic carbocycles. The number of fused-ring (bicyclic) bond motifs is 1. The Morgan fingerprint density at radius 2 is 1.74 bits per heavy atom. The van der Waals surface area contributed by atoms with E-state index in [1.165, 1.54) is 0 Å². The molecule has 5 rings (SSSR count). The highest BCUT2D eigenvalue weighted by atomic mass is 35.5. The molecule has 8 heteroatoms. The zero-order valence-corrected chi connectivity index (χ0v) is 18.7. The van der Waals surface area contributed by atoms with Crippen molar-refractivity contribution in [2.45, 2.75) is 17.8 Å². The lowest BCUT2D eigenvalue weighted by atomic mass is 10.1. The number of morpholine rings is 1. The van der Waals surface area contributed by atoms with Crippen LogP contribution >= 0.6 is 23.4 Å². The minimum atomic E-state index is 0.610. The summed E-state index contributed by atoms with van der Waals surface area (Å²) >= 11 is 8.28. The van der Waals surface area contributed by atoms with E-state index in [0.29, 0.717) is 24.0 Å². The highest BCUT2D eigenvalue weighted by Crippen LogP contribution is 2.33. The van der Waals surface area contributed by atoms with Crippen LogP contribution in [-0.4, -0.2) is 46.1 Å². The third-order valence-corrected chi connectivity index (χ3v) is 6.85. The van der Waals surface area contributed by atoms with Crippen molar-refractivity contribution in [2.24, 2.45) is 0 Å². The lowest BCUT2D eigenvalue weighted by Crippen LogP contribution is -2.37. The van der Waals surface area contributed by atoms with Crippen molar-refractivity contribution in [1.29, 1.82) is 0 Å². The van der Waals surface area contributed by atoms with Crippen molar-refractivity contribution >= 4 is 40.2 Å². The summed E-state index contributed by atoms with van der Waals surface area (Å²) in [5.41, 5.74) is 3.91. The summed E-state index contributed by atoms with van der Waals surface area (Å²) in [6, 6.07) is 18.3. The predicted octanol–water partition coefficient (Wildman–Crippen LogP) is 4.91. The quantitative estimate of drug-likeness (QED) is 0.402. The first kappa shape index (κ1) is 20.3. The van der Waals surface area contributed by atoms with Crippen LogP contribution in [0.5, 0.6) is 0 Å². The van der Waals surface area contributed by atoms with Gasteiger partial charge in [0.05, 0.1) is 35.1 Å². The van der Waals surface area contributed by atoms with Crippen LogP contribution in [0.4, 0.5) is 5.95 Å². The Morgan fingerprint density at radius 1 is 1.00 bits per heavy atom. The maximum absolute atomic E-state index is 6.68. The molecular formula is C23H22ClN5OS. The molecule has 4 aromatic rings. The maximum Gasteiger partial charge on any atom is 0.232 e. The largest absolute Gasteiger partial charge is 0.378 e. The number of hydrogen-bond donors (Lipinski definition) is 0. The molecule has 1 fully saturated rings. The molecule has 3 heterocycles. The Kier molecular flexibility index (Phi) is 5.80. The zero-order chi connectivity index (χ0) is 21.2. The number of hydrogen-bond acceptors (Lipinski definition) is 6. The molecule has 0 atom stereocenters. The van der Waals surface area contributed by atoms with E-state index in [4.69, 9.17) is 21.3 Å². The van der Waals surface area contributed by atoms with Crippen LogP contribution in [0.2, 0.25) is 5.02 Å². The van der Waals surface area contributed by atoms with Crippen molar-refractivity contribution in [3.8, 4) is 5.69 Å². The number of benzene rings is 2. The number of thioether (sulfide) groups is 1. The van der Waals surface area contributed by atoms with Crippen molar-refractivity contribution in [1.82, 2.24) is 19.7 Å². The van der Waals surface area contributed by atoms with Crippen LogP contribution in [-0.2, 0) is 10.5 Å². The Labute approximate surface area is 190 Å². The van der Waals surface area contributed by atoms with Crippen LogP contribution in [0.15, 0.2) is 59.8 Å². The summed E-state index contributed by atoms with van der Waals surface area (Å²) in [6.45, 7) is 5.03. The summed E-state index contributed by atoms with van der Waals surface area (Å²) in [6.07, 6.45) is 0. The number of aryl methyl sites for hydroxylation is 1. The SMILES string of the molecule is Cc1c(Cl)c(CSc2nnc(N3CCOCC3)n2-c2ccccc2)nc2ccccc12. The van der Waals surface area contributed by atoms with Crippen molar-refractivity contribution < 1.29 is 4.74 Å². The minimum absolute atomic E-state index is 0.610. The van der Waals surface area contributed by atoms with Crippen LogP contribution in [0.3, 0.4) is 0 Å². The van der Waals surface area contributed by atoms with E-state index in [2.05, 4.69) is 37.9 Å².